The average Bonchev–Trinajstić information content (AvgIpc) is 2.34. The SMILES string of the molecule is O=C(c1cc(I)cc(I)c1O)N1CCOCC1. The summed E-state index contributed by atoms with van der Waals surface area (Å²) >= 11 is 4.17. The number of halogens is 2. The molecule has 2 rings (SSSR count). The van der Waals surface area contributed by atoms with Gasteiger partial charge >= 0.3 is 0 Å². The van der Waals surface area contributed by atoms with Crippen LogP contribution < -0.4 is 0 Å². The van der Waals surface area contributed by atoms with Crippen LogP contribution in [-0.2, 0) is 4.74 Å². The van der Waals surface area contributed by atoms with E-state index >= 15 is 0 Å². The van der Waals surface area contributed by atoms with Crippen LogP contribution in [0.15, 0.2) is 12.1 Å². The van der Waals surface area contributed by atoms with Crippen LogP contribution in [0, 0.1) is 7.14 Å². The summed E-state index contributed by atoms with van der Waals surface area (Å²) in [7, 11) is 0. The number of ether oxygens (including phenoxy) is 1. The van der Waals surface area contributed by atoms with E-state index in [1.54, 1.807) is 11.0 Å². The quantitative estimate of drug-likeness (QED) is 0.655. The molecule has 1 aromatic carbocycles. The highest BCUT2D eigenvalue weighted by Gasteiger charge is 2.22. The number of morpholine rings is 1. The van der Waals surface area contributed by atoms with E-state index in [9.17, 15) is 9.90 Å². The van der Waals surface area contributed by atoms with Crippen LogP contribution in [0.4, 0.5) is 0 Å². The molecular formula is C11H11I2NO3. The maximum atomic E-state index is 12.2. The fraction of sp³-hybridized carbons (Fsp3) is 0.364. The lowest BCUT2D eigenvalue weighted by Gasteiger charge is -2.27. The first kappa shape index (κ1) is 13.3. The predicted octanol–water partition coefficient (Wildman–Crippen LogP) is 2.07. The number of carbonyl (C=O) groups is 1. The van der Waals surface area contributed by atoms with E-state index in [0.29, 0.717) is 35.4 Å². The van der Waals surface area contributed by atoms with Gasteiger partial charge in [0.05, 0.1) is 22.3 Å². The molecule has 1 heterocycles. The zero-order chi connectivity index (χ0) is 12.4. The normalized spacial score (nSPS) is 16.0. The molecule has 1 N–H and O–H groups in total. The molecule has 1 amide bonds. The number of phenols is 1. The van der Waals surface area contributed by atoms with Crippen molar-refractivity contribution in [1.82, 2.24) is 4.90 Å². The number of hydrogen-bond donors (Lipinski definition) is 1. The number of carbonyl (C=O) groups excluding carboxylic acids is 1. The summed E-state index contributed by atoms with van der Waals surface area (Å²) in [6.07, 6.45) is 0. The van der Waals surface area contributed by atoms with Crippen molar-refractivity contribution < 1.29 is 14.6 Å². The van der Waals surface area contributed by atoms with Crippen molar-refractivity contribution in [3.8, 4) is 5.75 Å². The van der Waals surface area contributed by atoms with Crippen LogP contribution in [0.1, 0.15) is 10.4 Å². The van der Waals surface area contributed by atoms with Gasteiger partial charge < -0.3 is 14.7 Å². The van der Waals surface area contributed by atoms with E-state index in [0.717, 1.165) is 3.57 Å². The Morgan fingerprint density at radius 1 is 1.29 bits per heavy atom. The summed E-state index contributed by atoms with van der Waals surface area (Å²) in [6.45, 7) is 2.29. The second kappa shape index (κ2) is 5.70. The third kappa shape index (κ3) is 3.02. The van der Waals surface area contributed by atoms with Gasteiger partial charge in [0.1, 0.15) is 5.75 Å². The summed E-state index contributed by atoms with van der Waals surface area (Å²) in [4.78, 5) is 13.9. The predicted molar refractivity (Wildman–Crippen MR) is 80.3 cm³/mol. The third-order valence-corrected chi connectivity index (χ3v) is 4.00. The highest BCUT2D eigenvalue weighted by atomic mass is 127. The van der Waals surface area contributed by atoms with Crippen LogP contribution in [0.3, 0.4) is 0 Å². The molecule has 0 spiro atoms. The Kier molecular flexibility index (Phi) is 4.47. The standard InChI is InChI=1S/C11H11I2NO3/c12-7-5-8(10(15)9(13)6-7)11(16)14-1-3-17-4-2-14/h5-6,15H,1-4H2. The van der Waals surface area contributed by atoms with Crippen LogP contribution in [-0.4, -0.2) is 42.2 Å². The molecule has 0 atom stereocenters. The van der Waals surface area contributed by atoms with Crippen molar-refractivity contribution in [1.29, 1.82) is 0 Å². The Morgan fingerprint density at radius 2 is 1.94 bits per heavy atom. The fourth-order valence-corrected chi connectivity index (χ4v) is 3.51. The molecule has 17 heavy (non-hydrogen) atoms. The first-order valence-corrected chi connectivity index (χ1v) is 7.30. The maximum absolute atomic E-state index is 12.2. The molecule has 1 fully saturated rings. The summed E-state index contributed by atoms with van der Waals surface area (Å²) < 4.78 is 6.85. The van der Waals surface area contributed by atoms with E-state index in [1.165, 1.54) is 0 Å². The lowest BCUT2D eigenvalue weighted by molar-refractivity contribution is 0.0301. The fourth-order valence-electron chi connectivity index (χ4n) is 1.67. The zero-order valence-corrected chi connectivity index (χ0v) is 13.3. The molecule has 1 aliphatic heterocycles. The Morgan fingerprint density at radius 3 is 2.59 bits per heavy atom. The zero-order valence-electron chi connectivity index (χ0n) is 8.95. The van der Waals surface area contributed by atoms with Gasteiger partial charge in [-0.1, -0.05) is 0 Å². The van der Waals surface area contributed by atoms with E-state index < -0.39 is 0 Å². The average molecular weight is 459 g/mol. The Labute approximate surface area is 127 Å². The molecule has 1 saturated heterocycles. The van der Waals surface area contributed by atoms with Gasteiger partial charge in [0.15, 0.2) is 0 Å². The number of benzene rings is 1. The second-order valence-electron chi connectivity index (χ2n) is 3.69. The van der Waals surface area contributed by atoms with Crippen molar-refractivity contribution in [3.63, 3.8) is 0 Å². The van der Waals surface area contributed by atoms with Crippen molar-refractivity contribution in [2.24, 2.45) is 0 Å². The van der Waals surface area contributed by atoms with Gasteiger partial charge in [-0.25, -0.2) is 0 Å². The minimum atomic E-state index is -0.123. The van der Waals surface area contributed by atoms with Crippen molar-refractivity contribution >= 4 is 51.1 Å². The summed E-state index contributed by atoms with van der Waals surface area (Å²) in [5, 5.41) is 9.93. The Balaban J connectivity index is 2.29. The molecule has 0 saturated carbocycles. The largest absolute Gasteiger partial charge is 0.506 e. The van der Waals surface area contributed by atoms with Gasteiger partial charge in [0, 0.05) is 16.7 Å². The topological polar surface area (TPSA) is 49.8 Å². The molecule has 6 heteroatoms. The number of nitrogens with zero attached hydrogens (tertiary/aromatic N) is 1. The molecule has 0 unspecified atom stereocenters. The molecule has 1 aliphatic rings. The van der Waals surface area contributed by atoms with Gasteiger partial charge in [0.2, 0.25) is 0 Å². The number of rotatable bonds is 1. The number of amides is 1. The smallest absolute Gasteiger partial charge is 0.257 e. The highest BCUT2D eigenvalue weighted by molar-refractivity contribution is 14.1. The second-order valence-corrected chi connectivity index (χ2v) is 6.10. The first-order chi connectivity index (χ1) is 8.09. The summed E-state index contributed by atoms with van der Waals surface area (Å²) in [5.41, 5.74) is 0.378. The molecule has 0 radical (unpaired) electrons. The van der Waals surface area contributed by atoms with E-state index in [1.807, 2.05) is 28.7 Å². The van der Waals surface area contributed by atoms with Gasteiger partial charge in [-0.05, 0) is 57.3 Å². The number of aromatic hydroxyl groups is 1. The molecule has 0 bridgehead atoms. The van der Waals surface area contributed by atoms with Gasteiger partial charge in [-0.15, -0.1) is 0 Å². The molecule has 1 aromatic rings. The van der Waals surface area contributed by atoms with E-state index in [2.05, 4.69) is 22.6 Å². The highest BCUT2D eigenvalue weighted by Crippen LogP contribution is 2.28. The molecule has 0 aliphatic carbocycles. The van der Waals surface area contributed by atoms with E-state index in [-0.39, 0.29) is 11.7 Å². The van der Waals surface area contributed by atoms with Crippen LogP contribution >= 0.6 is 45.2 Å². The third-order valence-electron chi connectivity index (χ3n) is 2.56. The monoisotopic (exact) mass is 459 g/mol. The Bertz CT molecular complexity index is 445. The number of hydrogen-bond acceptors (Lipinski definition) is 3. The lowest BCUT2D eigenvalue weighted by Crippen LogP contribution is -2.40. The Hall–Kier alpha value is -0.0900. The van der Waals surface area contributed by atoms with Crippen LogP contribution in [0.25, 0.3) is 0 Å². The molecule has 92 valence electrons. The summed E-state index contributed by atoms with van der Waals surface area (Å²) in [6, 6.07) is 3.56. The molecule has 0 aromatic heterocycles. The van der Waals surface area contributed by atoms with Gasteiger partial charge in [0.25, 0.3) is 5.91 Å². The van der Waals surface area contributed by atoms with Crippen molar-refractivity contribution in [2.45, 2.75) is 0 Å². The van der Waals surface area contributed by atoms with Gasteiger partial charge in [-0.3, -0.25) is 4.79 Å². The first-order valence-electron chi connectivity index (χ1n) is 5.14. The lowest BCUT2D eigenvalue weighted by atomic mass is 10.1. The van der Waals surface area contributed by atoms with Gasteiger partial charge in [-0.2, -0.15) is 0 Å². The minimum Gasteiger partial charge on any atom is -0.506 e. The van der Waals surface area contributed by atoms with Crippen molar-refractivity contribution in [3.05, 3.63) is 24.8 Å². The summed E-state index contributed by atoms with van der Waals surface area (Å²) in [5.74, 6) is -0.0512. The van der Waals surface area contributed by atoms with Crippen LogP contribution in [0.5, 0.6) is 5.75 Å². The molecule has 4 nitrogen and oxygen atoms in total. The molecular weight excluding hydrogens is 448 g/mol. The number of phenolic OH excluding ortho intramolecular Hbond substituents is 1. The maximum Gasteiger partial charge on any atom is 0.257 e. The minimum absolute atomic E-state index is 0.0718. The van der Waals surface area contributed by atoms with Crippen molar-refractivity contribution in [2.75, 3.05) is 26.3 Å². The van der Waals surface area contributed by atoms with Crippen LogP contribution in [0.2, 0.25) is 0 Å². The van der Waals surface area contributed by atoms with E-state index in [4.69, 9.17) is 4.74 Å².